The van der Waals surface area contributed by atoms with Gasteiger partial charge < -0.3 is 14.3 Å². The van der Waals surface area contributed by atoms with Gasteiger partial charge in [-0.15, -0.1) is 10.1 Å². The number of carbonyl (C=O) groups excluding carboxylic acids is 2. The summed E-state index contributed by atoms with van der Waals surface area (Å²) in [6.07, 6.45) is 0.412. The number of carbonyl (C=O) groups is 2. The van der Waals surface area contributed by atoms with E-state index in [0.717, 1.165) is 19.1 Å². The van der Waals surface area contributed by atoms with Gasteiger partial charge in [-0.1, -0.05) is 0 Å². The molecule has 26 heavy (non-hydrogen) atoms. The monoisotopic (exact) mass is 417 g/mol. The molecule has 0 amide bonds. The minimum absolute atomic E-state index is 0. The van der Waals surface area contributed by atoms with Crippen LogP contribution < -0.4 is 9.47 Å². The third-order valence-corrected chi connectivity index (χ3v) is 3.53. The van der Waals surface area contributed by atoms with E-state index in [1.54, 1.807) is 0 Å². The molecule has 1 aromatic carbocycles. The fourth-order valence-electron chi connectivity index (χ4n) is 1.69. The summed E-state index contributed by atoms with van der Waals surface area (Å²) in [5.41, 5.74) is 0. The van der Waals surface area contributed by atoms with Gasteiger partial charge in [-0.05, 0) is 25.0 Å². The molecule has 0 radical (unpaired) electrons. The predicted molar refractivity (Wildman–Crippen MR) is 87.1 cm³/mol. The van der Waals surface area contributed by atoms with Crippen molar-refractivity contribution in [2.45, 2.75) is 31.1 Å². The fraction of sp³-hybridized carbons (Fsp3) is 0.385. The maximum atomic E-state index is 11.6. The minimum atomic E-state index is -4.72. The van der Waals surface area contributed by atoms with E-state index in [2.05, 4.69) is 9.57 Å². The van der Waals surface area contributed by atoms with Crippen molar-refractivity contribution in [3.8, 4) is 11.5 Å². The third kappa shape index (κ3) is 9.56. The van der Waals surface area contributed by atoms with Crippen LogP contribution in [0.1, 0.15) is 26.2 Å². The number of benzene rings is 1. The van der Waals surface area contributed by atoms with Gasteiger partial charge in [-0.3, -0.25) is 14.1 Å². The summed E-state index contributed by atoms with van der Waals surface area (Å²) < 4.78 is 41.4. The van der Waals surface area contributed by atoms with E-state index in [4.69, 9.17) is 9.29 Å². The van der Waals surface area contributed by atoms with Gasteiger partial charge in [0.1, 0.15) is 10.6 Å². The van der Waals surface area contributed by atoms with Crippen LogP contribution in [-0.4, -0.2) is 88.0 Å². The summed E-state index contributed by atoms with van der Waals surface area (Å²) in [4.78, 5) is 35.9. The van der Waals surface area contributed by atoms with Crippen LogP contribution in [0.5, 0.6) is 11.5 Å². The molecule has 1 N–H and O–H groups in total. The van der Waals surface area contributed by atoms with Crippen LogP contribution in [0.2, 0.25) is 0 Å². The molecule has 140 valence electrons. The van der Waals surface area contributed by atoms with Crippen molar-refractivity contribution in [1.82, 2.24) is 0 Å². The van der Waals surface area contributed by atoms with E-state index in [9.17, 15) is 28.1 Å². The van der Waals surface area contributed by atoms with Crippen LogP contribution in [0, 0.1) is 10.1 Å². The summed E-state index contributed by atoms with van der Waals surface area (Å²) in [7, 11) is -4.72. The Hall–Kier alpha value is -1.09. The van der Waals surface area contributed by atoms with E-state index in [0.29, 0.717) is 0 Å². The van der Waals surface area contributed by atoms with Gasteiger partial charge in [0.05, 0.1) is 6.61 Å². The molecule has 0 unspecified atom stereocenters. The topological polar surface area (TPSA) is 159 Å². The normalized spacial score (nSPS) is 10.4. The Balaban J connectivity index is 0.00000625. The Morgan fingerprint density at radius 2 is 1.88 bits per heavy atom. The van der Waals surface area contributed by atoms with Crippen molar-refractivity contribution < 1.29 is 42.0 Å². The van der Waals surface area contributed by atoms with Gasteiger partial charge in [0.25, 0.3) is 15.2 Å². The van der Waals surface area contributed by atoms with Gasteiger partial charge in [0, 0.05) is 19.4 Å². The van der Waals surface area contributed by atoms with Crippen LogP contribution in [-0.2, 0) is 24.5 Å². The van der Waals surface area contributed by atoms with E-state index >= 15 is 0 Å². The zero-order chi connectivity index (χ0) is 19.0. The zero-order valence-electron chi connectivity index (χ0n) is 13.0. The van der Waals surface area contributed by atoms with Gasteiger partial charge in [0.15, 0.2) is 5.75 Å². The Morgan fingerprint density at radius 1 is 1.23 bits per heavy atom. The Kier molecular flexibility index (Phi) is 11.1. The van der Waals surface area contributed by atoms with E-state index in [-0.39, 0.29) is 83.0 Å². The number of hydrogen-bond donors (Lipinski definition) is 1. The van der Waals surface area contributed by atoms with Crippen LogP contribution >= 0.6 is 0 Å². The van der Waals surface area contributed by atoms with E-state index in [1.165, 1.54) is 6.07 Å². The first-order valence-corrected chi connectivity index (χ1v) is 8.31. The average Bonchev–Trinajstić information content (AvgIpc) is 2.46. The molecule has 0 saturated carbocycles. The second kappa shape index (κ2) is 11.6. The van der Waals surface area contributed by atoms with Crippen molar-refractivity contribution >= 4 is 73.4 Å². The summed E-state index contributed by atoms with van der Waals surface area (Å²) in [5, 5.41) is 8.99. The molecule has 0 aliphatic heterocycles. The predicted octanol–water partition coefficient (Wildman–Crippen LogP) is 0.494. The number of unbranched alkanes of at least 4 members (excludes halogenated alkanes) is 1. The number of hydrogen-bond acceptors (Lipinski definition) is 9. The van der Waals surface area contributed by atoms with E-state index in [1.807, 2.05) is 0 Å². The second-order valence-corrected chi connectivity index (χ2v) is 6.06. The molecular weight excluding hydrogens is 401 g/mol. The fourth-order valence-corrected chi connectivity index (χ4v) is 2.31. The van der Waals surface area contributed by atoms with E-state index < -0.39 is 37.8 Å². The van der Waals surface area contributed by atoms with Crippen molar-refractivity contribution in [3.05, 3.63) is 28.3 Å². The summed E-state index contributed by atoms with van der Waals surface area (Å²) in [6.45, 7) is 0.884. The number of nitrogens with zero attached hydrogens (tertiary/aromatic N) is 1. The standard InChI is InChI=1S/C13H15NO10S.K.H/c1-9(15)23-11-6-5-10(8-12(11)25(19,20)21)24-13(16)4-2-3-7-22-14(17)18;;/h5-6,8H,2-4,7H2,1H3,(H,19,20,21);;. The summed E-state index contributed by atoms with van der Waals surface area (Å²) >= 11 is 0. The third-order valence-electron chi connectivity index (χ3n) is 2.65. The molecular formula is C13H16KNO10S. The SMILES string of the molecule is CC(=O)Oc1ccc(OC(=O)CCCCO[N+](=O)[O-])cc1S(=O)(=O)O.[KH]. The Morgan fingerprint density at radius 3 is 2.42 bits per heavy atom. The van der Waals surface area contributed by atoms with Crippen molar-refractivity contribution in [2.75, 3.05) is 6.61 Å². The summed E-state index contributed by atoms with van der Waals surface area (Å²) in [5.74, 6) is -2.11. The zero-order valence-corrected chi connectivity index (χ0v) is 13.9. The molecule has 0 spiro atoms. The number of ether oxygens (including phenoxy) is 2. The first-order chi connectivity index (χ1) is 11.6. The summed E-state index contributed by atoms with van der Waals surface area (Å²) in [6, 6.07) is 3.07. The molecule has 0 bridgehead atoms. The number of rotatable bonds is 9. The van der Waals surface area contributed by atoms with Crippen molar-refractivity contribution in [3.63, 3.8) is 0 Å². The van der Waals surface area contributed by atoms with Crippen LogP contribution in [0.15, 0.2) is 23.1 Å². The van der Waals surface area contributed by atoms with Crippen molar-refractivity contribution in [2.24, 2.45) is 0 Å². The van der Waals surface area contributed by atoms with Crippen LogP contribution in [0.3, 0.4) is 0 Å². The average molecular weight is 417 g/mol. The first-order valence-electron chi connectivity index (χ1n) is 6.87. The molecule has 1 aromatic rings. The Bertz CT molecular complexity index is 764. The molecule has 11 nitrogen and oxygen atoms in total. The molecule has 0 atom stereocenters. The quantitative estimate of drug-likeness (QED) is 0.114. The van der Waals surface area contributed by atoms with Crippen LogP contribution in [0.25, 0.3) is 0 Å². The second-order valence-electron chi connectivity index (χ2n) is 4.67. The Labute approximate surface area is 191 Å². The molecule has 0 fully saturated rings. The molecule has 13 heteroatoms. The van der Waals surface area contributed by atoms with Gasteiger partial charge in [0.2, 0.25) is 0 Å². The molecule has 0 heterocycles. The molecule has 0 aromatic heterocycles. The molecule has 1 rings (SSSR count). The molecule has 0 aliphatic rings. The van der Waals surface area contributed by atoms with Gasteiger partial charge in [-0.25, -0.2) is 0 Å². The maximum absolute atomic E-state index is 11.6. The van der Waals surface area contributed by atoms with Crippen LogP contribution in [0.4, 0.5) is 0 Å². The molecule has 0 saturated heterocycles. The van der Waals surface area contributed by atoms with Gasteiger partial charge >= 0.3 is 63.3 Å². The molecule has 0 aliphatic carbocycles. The van der Waals surface area contributed by atoms with Gasteiger partial charge in [-0.2, -0.15) is 8.42 Å². The van der Waals surface area contributed by atoms with Crippen molar-refractivity contribution in [1.29, 1.82) is 0 Å². The number of esters is 2. The first kappa shape index (κ1) is 24.9.